The van der Waals surface area contributed by atoms with Gasteiger partial charge in [0.25, 0.3) is 0 Å². The van der Waals surface area contributed by atoms with Crippen LogP contribution >= 0.6 is 11.8 Å². The normalized spacial score (nSPS) is 19.6. The molecule has 0 aliphatic heterocycles. The van der Waals surface area contributed by atoms with Crippen molar-refractivity contribution < 1.29 is 4.79 Å². The van der Waals surface area contributed by atoms with Crippen molar-refractivity contribution in [1.29, 1.82) is 0 Å². The molecule has 0 aromatic carbocycles. The number of amides is 1. The number of aromatic amines is 1. The number of nitrogens with two attached hydrogens (primary N) is 1. The van der Waals surface area contributed by atoms with Gasteiger partial charge in [-0.1, -0.05) is 18.7 Å². The summed E-state index contributed by atoms with van der Waals surface area (Å²) < 4.78 is 1.46. The number of carbonyl (C=O) groups is 1. The van der Waals surface area contributed by atoms with Gasteiger partial charge >= 0.3 is 5.69 Å². The molecule has 2 unspecified atom stereocenters. The van der Waals surface area contributed by atoms with E-state index in [4.69, 9.17) is 5.73 Å². The molecule has 1 amide bonds. The number of H-pyrrole nitrogens is 1. The van der Waals surface area contributed by atoms with E-state index in [0.29, 0.717) is 17.6 Å². The highest BCUT2D eigenvalue weighted by Gasteiger charge is 2.38. The Bertz CT molecular complexity index is 550. The molecule has 2 rings (SSSR count). The van der Waals surface area contributed by atoms with E-state index < -0.39 is 5.54 Å². The van der Waals surface area contributed by atoms with Crippen LogP contribution in [0, 0.1) is 0 Å². The zero-order valence-corrected chi connectivity index (χ0v) is 12.8. The molecule has 0 spiro atoms. The zero-order chi connectivity index (χ0) is 14.9. The first-order valence-electron chi connectivity index (χ1n) is 6.67. The standard InChI is InChI=1S/C12H21N5O2S/c1-7(20-11-16-15-10(19)17(11)3)6-12(2,9(13)18)14-8-4-5-8/h7-8,14H,4-6H2,1-3H3,(H2,13,18)(H,15,19). The molecule has 8 heteroatoms. The third-order valence-corrected chi connectivity index (χ3v) is 4.63. The number of aromatic nitrogens is 3. The van der Waals surface area contributed by atoms with E-state index >= 15 is 0 Å². The molecule has 1 aliphatic carbocycles. The summed E-state index contributed by atoms with van der Waals surface area (Å²) in [6.07, 6.45) is 2.78. The van der Waals surface area contributed by atoms with E-state index in [1.54, 1.807) is 7.05 Å². The van der Waals surface area contributed by atoms with Gasteiger partial charge in [-0.05, 0) is 26.2 Å². The summed E-state index contributed by atoms with van der Waals surface area (Å²) in [7, 11) is 1.66. The molecule has 1 aliphatic rings. The predicted molar refractivity (Wildman–Crippen MR) is 77.5 cm³/mol. The van der Waals surface area contributed by atoms with Crippen LogP contribution in [0.25, 0.3) is 0 Å². The monoisotopic (exact) mass is 299 g/mol. The molecule has 1 aromatic heterocycles. The van der Waals surface area contributed by atoms with Crippen molar-refractivity contribution >= 4 is 17.7 Å². The van der Waals surface area contributed by atoms with Gasteiger partial charge in [0.2, 0.25) is 5.91 Å². The minimum atomic E-state index is -0.719. The first-order chi connectivity index (χ1) is 9.32. The minimum absolute atomic E-state index is 0.104. The first-order valence-corrected chi connectivity index (χ1v) is 7.55. The quantitative estimate of drug-likeness (QED) is 0.613. The van der Waals surface area contributed by atoms with Crippen LogP contribution in [-0.4, -0.2) is 37.5 Å². The van der Waals surface area contributed by atoms with E-state index in [9.17, 15) is 9.59 Å². The van der Waals surface area contributed by atoms with Crippen molar-refractivity contribution in [1.82, 2.24) is 20.1 Å². The molecule has 112 valence electrons. The SMILES string of the molecule is CC(CC(C)(NC1CC1)C(N)=O)Sc1n[nH]c(=O)n1C. The van der Waals surface area contributed by atoms with Crippen LogP contribution in [0.15, 0.2) is 9.95 Å². The largest absolute Gasteiger partial charge is 0.368 e. The summed E-state index contributed by atoms with van der Waals surface area (Å²) in [6, 6.07) is 0.402. The number of nitrogens with zero attached hydrogens (tertiary/aromatic N) is 2. The number of primary amides is 1. The van der Waals surface area contributed by atoms with Gasteiger partial charge < -0.3 is 11.1 Å². The van der Waals surface area contributed by atoms with Gasteiger partial charge in [-0.15, -0.1) is 5.10 Å². The van der Waals surface area contributed by atoms with Gasteiger partial charge in [-0.25, -0.2) is 9.89 Å². The second kappa shape index (κ2) is 5.61. The summed E-state index contributed by atoms with van der Waals surface area (Å²) in [5.74, 6) is -0.340. The number of carbonyl (C=O) groups excluding carboxylic acids is 1. The van der Waals surface area contributed by atoms with Crippen LogP contribution in [0.5, 0.6) is 0 Å². The highest BCUT2D eigenvalue weighted by Crippen LogP contribution is 2.29. The van der Waals surface area contributed by atoms with E-state index in [-0.39, 0.29) is 16.8 Å². The molecule has 1 aromatic rings. The van der Waals surface area contributed by atoms with Crippen LogP contribution in [0.2, 0.25) is 0 Å². The molecule has 0 saturated heterocycles. The van der Waals surface area contributed by atoms with Crippen molar-refractivity contribution in [3.63, 3.8) is 0 Å². The minimum Gasteiger partial charge on any atom is -0.368 e. The molecule has 20 heavy (non-hydrogen) atoms. The van der Waals surface area contributed by atoms with E-state index in [1.807, 2.05) is 13.8 Å². The van der Waals surface area contributed by atoms with Crippen molar-refractivity contribution in [2.75, 3.05) is 0 Å². The van der Waals surface area contributed by atoms with Gasteiger partial charge in [0.15, 0.2) is 5.16 Å². The highest BCUT2D eigenvalue weighted by atomic mass is 32.2. The Hall–Kier alpha value is -1.28. The Morgan fingerprint density at radius 1 is 1.70 bits per heavy atom. The third kappa shape index (κ3) is 3.43. The summed E-state index contributed by atoms with van der Waals surface area (Å²) in [5, 5.41) is 10.4. The lowest BCUT2D eigenvalue weighted by Crippen LogP contribution is -2.55. The summed E-state index contributed by atoms with van der Waals surface area (Å²) in [4.78, 5) is 23.0. The Balaban J connectivity index is 2.00. The van der Waals surface area contributed by atoms with E-state index in [0.717, 1.165) is 12.8 Å². The fraction of sp³-hybridized carbons (Fsp3) is 0.750. The van der Waals surface area contributed by atoms with Gasteiger partial charge in [0.05, 0.1) is 5.54 Å². The molecule has 2 atom stereocenters. The van der Waals surface area contributed by atoms with Crippen molar-refractivity contribution in [3.05, 3.63) is 10.5 Å². The number of nitrogens with one attached hydrogen (secondary N) is 2. The molecular weight excluding hydrogens is 278 g/mol. The number of rotatable bonds is 7. The smallest absolute Gasteiger partial charge is 0.343 e. The fourth-order valence-electron chi connectivity index (χ4n) is 2.14. The van der Waals surface area contributed by atoms with Crippen LogP contribution < -0.4 is 16.7 Å². The highest BCUT2D eigenvalue weighted by molar-refractivity contribution is 7.99. The number of hydrogen-bond donors (Lipinski definition) is 3. The number of thioether (sulfide) groups is 1. The third-order valence-electron chi connectivity index (χ3n) is 3.48. The summed E-state index contributed by atoms with van der Waals surface area (Å²) in [6.45, 7) is 3.84. The van der Waals surface area contributed by atoms with Crippen molar-refractivity contribution in [2.24, 2.45) is 12.8 Å². The Morgan fingerprint density at radius 3 is 2.80 bits per heavy atom. The molecule has 1 saturated carbocycles. The summed E-state index contributed by atoms with van der Waals surface area (Å²) >= 11 is 1.46. The molecule has 0 bridgehead atoms. The predicted octanol–water partition coefficient (Wildman–Crippen LogP) is -0.0249. The lowest BCUT2D eigenvalue weighted by molar-refractivity contribution is -0.124. The Morgan fingerprint density at radius 2 is 2.35 bits per heavy atom. The Labute approximate surface area is 121 Å². The van der Waals surface area contributed by atoms with Crippen LogP contribution in [0.1, 0.15) is 33.1 Å². The molecule has 1 fully saturated rings. The first kappa shape index (κ1) is 15.1. The maximum atomic E-state index is 11.7. The molecule has 0 radical (unpaired) electrons. The number of hydrogen-bond acceptors (Lipinski definition) is 5. The zero-order valence-electron chi connectivity index (χ0n) is 12.0. The topological polar surface area (TPSA) is 106 Å². The van der Waals surface area contributed by atoms with Gasteiger partial charge in [-0.3, -0.25) is 9.36 Å². The van der Waals surface area contributed by atoms with Crippen molar-refractivity contribution in [3.8, 4) is 0 Å². The van der Waals surface area contributed by atoms with Crippen LogP contribution in [0.3, 0.4) is 0 Å². The van der Waals surface area contributed by atoms with Crippen LogP contribution in [-0.2, 0) is 11.8 Å². The molecule has 1 heterocycles. The fourth-order valence-corrected chi connectivity index (χ4v) is 3.26. The Kier molecular flexibility index (Phi) is 4.24. The lowest BCUT2D eigenvalue weighted by atomic mass is 9.95. The lowest BCUT2D eigenvalue weighted by Gasteiger charge is -2.30. The van der Waals surface area contributed by atoms with Crippen molar-refractivity contribution in [2.45, 2.75) is 55.1 Å². The molecule has 4 N–H and O–H groups in total. The second-order valence-corrected chi connectivity index (χ2v) is 7.02. The maximum absolute atomic E-state index is 11.7. The van der Waals surface area contributed by atoms with Gasteiger partial charge in [-0.2, -0.15) is 0 Å². The van der Waals surface area contributed by atoms with Gasteiger partial charge in [0.1, 0.15) is 0 Å². The van der Waals surface area contributed by atoms with Gasteiger partial charge in [0, 0.05) is 18.3 Å². The average Bonchev–Trinajstić information content (AvgIpc) is 3.10. The van der Waals surface area contributed by atoms with E-state index in [2.05, 4.69) is 15.5 Å². The molecular formula is C12H21N5O2S. The van der Waals surface area contributed by atoms with E-state index in [1.165, 1.54) is 16.3 Å². The maximum Gasteiger partial charge on any atom is 0.343 e. The van der Waals surface area contributed by atoms with Crippen LogP contribution in [0.4, 0.5) is 0 Å². The average molecular weight is 299 g/mol. The summed E-state index contributed by atoms with van der Waals surface area (Å²) in [5.41, 5.74) is 4.57. The molecule has 7 nitrogen and oxygen atoms in total. The second-order valence-electron chi connectivity index (χ2n) is 5.62.